The molecule has 2 rings (SSSR count). The zero-order valence-corrected chi connectivity index (χ0v) is 10.4. The second-order valence-corrected chi connectivity index (χ2v) is 6.41. The fourth-order valence-electron chi connectivity index (χ4n) is 2.23. The summed E-state index contributed by atoms with van der Waals surface area (Å²) in [6.07, 6.45) is -4.61. The van der Waals surface area contributed by atoms with E-state index in [9.17, 15) is 21.6 Å². The summed E-state index contributed by atoms with van der Waals surface area (Å²) < 4.78 is 62.5. The number of nitrogens with one attached hydrogen (secondary N) is 1. The Balaban J connectivity index is 2.58. The molecule has 1 N–H and O–H groups in total. The molecule has 100 valence electrons. The van der Waals surface area contributed by atoms with Gasteiger partial charge in [0.1, 0.15) is 0 Å². The Morgan fingerprint density at radius 2 is 2.06 bits per heavy atom. The molecular formula is C11H12F3NO2S. The second-order valence-electron chi connectivity index (χ2n) is 4.21. The molecule has 1 aromatic rings. The van der Waals surface area contributed by atoms with E-state index in [0.717, 1.165) is 12.1 Å². The number of hydrogen-bond acceptors (Lipinski definition) is 3. The van der Waals surface area contributed by atoms with Crippen LogP contribution in [-0.4, -0.2) is 27.3 Å². The third-order valence-corrected chi connectivity index (χ3v) is 5.25. The molecule has 1 atom stereocenters. The Labute approximate surface area is 103 Å². The lowest BCUT2D eigenvalue weighted by Crippen LogP contribution is -2.29. The zero-order chi connectivity index (χ0) is 13.6. The number of sulfone groups is 1. The van der Waals surface area contributed by atoms with Gasteiger partial charge in [0.25, 0.3) is 0 Å². The molecule has 3 nitrogen and oxygen atoms in total. The Morgan fingerprint density at radius 3 is 2.61 bits per heavy atom. The molecule has 0 amide bonds. The summed E-state index contributed by atoms with van der Waals surface area (Å²) in [6.45, 7) is 0.147. The molecule has 18 heavy (non-hydrogen) atoms. The minimum absolute atomic E-state index is 0.0891. The molecule has 0 bridgehead atoms. The van der Waals surface area contributed by atoms with Crippen LogP contribution in [0.4, 0.5) is 13.2 Å². The first-order valence-corrected chi connectivity index (χ1v) is 6.90. The first kappa shape index (κ1) is 13.4. The Bertz CT molecular complexity index is 566. The van der Waals surface area contributed by atoms with Gasteiger partial charge < -0.3 is 5.32 Å². The lowest BCUT2D eigenvalue weighted by Gasteiger charge is -2.10. The van der Waals surface area contributed by atoms with Crippen molar-refractivity contribution in [3.8, 4) is 0 Å². The molecule has 0 saturated carbocycles. The maximum absolute atomic E-state index is 12.8. The summed E-state index contributed by atoms with van der Waals surface area (Å²) in [5.74, 6) is 0. The van der Waals surface area contributed by atoms with Crippen LogP contribution in [0.3, 0.4) is 0 Å². The molecule has 1 aromatic carbocycles. The Morgan fingerprint density at radius 1 is 1.39 bits per heavy atom. The van der Waals surface area contributed by atoms with Crippen molar-refractivity contribution in [2.24, 2.45) is 0 Å². The fraction of sp³-hybridized carbons (Fsp3) is 0.455. The molecule has 7 heteroatoms. The van der Waals surface area contributed by atoms with Gasteiger partial charge in [-0.25, -0.2) is 8.42 Å². The maximum atomic E-state index is 12.8. The van der Waals surface area contributed by atoms with Crippen molar-refractivity contribution in [2.75, 3.05) is 13.6 Å². The summed E-state index contributed by atoms with van der Waals surface area (Å²) in [5.41, 5.74) is -0.951. The van der Waals surface area contributed by atoms with Crippen molar-refractivity contribution in [1.82, 2.24) is 5.32 Å². The summed E-state index contributed by atoms with van der Waals surface area (Å²) in [4.78, 5) is -0.183. The monoisotopic (exact) mass is 279 g/mol. The predicted octanol–water partition coefficient (Wildman–Crippen LogP) is 1.62. The van der Waals surface area contributed by atoms with Gasteiger partial charge in [0.15, 0.2) is 9.84 Å². The number of alkyl halides is 3. The topological polar surface area (TPSA) is 46.2 Å². The summed E-state index contributed by atoms with van der Waals surface area (Å²) >= 11 is 0. The van der Waals surface area contributed by atoms with E-state index >= 15 is 0 Å². The predicted molar refractivity (Wildman–Crippen MR) is 60.0 cm³/mol. The van der Waals surface area contributed by atoms with E-state index in [0.29, 0.717) is 0 Å². The van der Waals surface area contributed by atoms with E-state index in [1.165, 1.54) is 6.07 Å². The lowest BCUT2D eigenvalue weighted by molar-refractivity contribution is -0.138. The standard InChI is InChI=1S/C11H12F3NO2S/c1-15-6-7-5-8-9(11(12,13)14)3-2-4-10(8)18(7,16)17/h2-4,7,15H,5-6H2,1H3. The van der Waals surface area contributed by atoms with Gasteiger partial charge in [0.2, 0.25) is 0 Å². The van der Waals surface area contributed by atoms with Crippen LogP contribution < -0.4 is 5.32 Å². The first-order chi connectivity index (χ1) is 8.28. The largest absolute Gasteiger partial charge is 0.416 e. The minimum atomic E-state index is -4.52. The van der Waals surface area contributed by atoms with Crippen LogP contribution in [0.2, 0.25) is 0 Å². The molecule has 0 radical (unpaired) electrons. The van der Waals surface area contributed by atoms with Crippen molar-refractivity contribution in [3.05, 3.63) is 29.3 Å². The van der Waals surface area contributed by atoms with Gasteiger partial charge in [-0.15, -0.1) is 0 Å². The zero-order valence-electron chi connectivity index (χ0n) is 9.58. The molecule has 1 heterocycles. The van der Waals surface area contributed by atoms with Crippen molar-refractivity contribution in [3.63, 3.8) is 0 Å². The number of halogens is 3. The van der Waals surface area contributed by atoms with E-state index in [2.05, 4.69) is 5.32 Å². The van der Waals surface area contributed by atoms with Crippen molar-refractivity contribution in [1.29, 1.82) is 0 Å². The van der Waals surface area contributed by atoms with Crippen molar-refractivity contribution in [2.45, 2.75) is 22.7 Å². The summed E-state index contributed by atoms with van der Waals surface area (Å²) in [5, 5.41) is 1.88. The fourth-order valence-corrected chi connectivity index (χ4v) is 4.17. The van der Waals surface area contributed by atoms with Crippen LogP contribution in [0.15, 0.2) is 23.1 Å². The molecule has 0 saturated heterocycles. The Kier molecular flexibility index (Phi) is 3.14. The van der Waals surface area contributed by atoms with Gasteiger partial charge in [-0.2, -0.15) is 13.2 Å². The van der Waals surface area contributed by atoms with Gasteiger partial charge in [-0.05, 0) is 31.2 Å². The van der Waals surface area contributed by atoms with Crippen LogP contribution in [0.25, 0.3) is 0 Å². The van der Waals surface area contributed by atoms with Gasteiger partial charge in [-0.1, -0.05) is 6.07 Å². The molecular weight excluding hydrogens is 267 g/mol. The van der Waals surface area contributed by atoms with Crippen LogP contribution in [0, 0.1) is 0 Å². The highest BCUT2D eigenvalue weighted by atomic mass is 32.2. The number of rotatable bonds is 2. The van der Waals surface area contributed by atoms with Gasteiger partial charge in [0.05, 0.1) is 15.7 Å². The molecule has 1 aliphatic heterocycles. The highest BCUT2D eigenvalue weighted by Crippen LogP contribution is 2.40. The third-order valence-electron chi connectivity index (χ3n) is 3.05. The molecule has 1 unspecified atom stereocenters. The molecule has 1 aliphatic rings. The lowest BCUT2D eigenvalue weighted by atomic mass is 10.0. The van der Waals surface area contributed by atoms with Gasteiger partial charge >= 0.3 is 6.18 Å². The van der Waals surface area contributed by atoms with Gasteiger partial charge in [0, 0.05) is 6.54 Å². The molecule has 0 aliphatic carbocycles. The average molecular weight is 279 g/mol. The summed E-state index contributed by atoms with van der Waals surface area (Å²) in [6, 6.07) is 3.31. The van der Waals surface area contributed by atoms with E-state index in [4.69, 9.17) is 0 Å². The van der Waals surface area contributed by atoms with E-state index in [1.54, 1.807) is 7.05 Å². The Hall–Kier alpha value is -1.08. The van der Waals surface area contributed by atoms with E-state index in [1.807, 2.05) is 0 Å². The quantitative estimate of drug-likeness (QED) is 0.895. The number of fused-ring (bicyclic) bond motifs is 1. The van der Waals surface area contributed by atoms with Crippen molar-refractivity contribution < 1.29 is 21.6 Å². The highest BCUT2D eigenvalue weighted by Gasteiger charge is 2.43. The smallest absolute Gasteiger partial charge is 0.318 e. The van der Waals surface area contributed by atoms with Crippen LogP contribution in [-0.2, 0) is 22.4 Å². The number of hydrogen-bond donors (Lipinski definition) is 1. The van der Waals surface area contributed by atoms with Crippen LogP contribution in [0.5, 0.6) is 0 Å². The molecule has 0 spiro atoms. The van der Waals surface area contributed by atoms with Crippen molar-refractivity contribution >= 4 is 9.84 Å². The number of benzene rings is 1. The van der Waals surface area contributed by atoms with Gasteiger partial charge in [-0.3, -0.25) is 0 Å². The van der Waals surface area contributed by atoms with E-state index in [-0.39, 0.29) is 23.4 Å². The molecule has 0 fully saturated rings. The van der Waals surface area contributed by atoms with Crippen LogP contribution >= 0.6 is 0 Å². The summed E-state index contributed by atoms with van der Waals surface area (Å²) in [7, 11) is -2.08. The SMILES string of the molecule is CNCC1Cc2c(C(F)(F)F)cccc2S1(=O)=O. The normalized spacial score (nSPS) is 21.9. The maximum Gasteiger partial charge on any atom is 0.416 e. The van der Waals surface area contributed by atoms with Crippen LogP contribution in [0.1, 0.15) is 11.1 Å². The molecule has 0 aromatic heterocycles. The van der Waals surface area contributed by atoms with E-state index < -0.39 is 26.8 Å². The second kappa shape index (κ2) is 4.24. The highest BCUT2D eigenvalue weighted by molar-refractivity contribution is 7.92. The average Bonchev–Trinajstić information content (AvgIpc) is 2.50. The first-order valence-electron chi connectivity index (χ1n) is 5.36. The third kappa shape index (κ3) is 2.01. The minimum Gasteiger partial charge on any atom is -0.318 e.